The van der Waals surface area contributed by atoms with Crippen LogP contribution in [0.15, 0.2) is 30.3 Å². The molecule has 0 spiro atoms. The Hall–Kier alpha value is -1.43. The largest absolute Gasteiger partial charge is 0.489 e. The fourth-order valence-electron chi connectivity index (χ4n) is 1.51. The van der Waals surface area contributed by atoms with Crippen molar-refractivity contribution in [3.63, 3.8) is 0 Å². The molecular formula is C10H12BNO3. The predicted molar refractivity (Wildman–Crippen MR) is 59.9 cm³/mol. The van der Waals surface area contributed by atoms with Crippen LogP contribution >= 0.6 is 0 Å². The third kappa shape index (κ3) is 2.15. The van der Waals surface area contributed by atoms with Crippen LogP contribution in [0.1, 0.15) is 5.69 Å². The first-order valence-corrected chi connectivity index (χ1v) is 4.41. The molecule has 0 aliphatic heterocycles. The van der Waals surface area contributed by atoms with Crippen LogP contribution in [0, 0.1) is 6.92 Å². The van der Waals surface area contributed by atoms with Crippen molar-refractivity contribution in [2.45, 2.75) is 6.92 Å². The molecule has 5 heteroatoms. The minimum absolute atomic E-state index is 0. The zero-order valence-corrected chi connectivity index (χ0v) is 8.31. The SMILES string of the molecule is Cc1ccc2c(B(O)O)cccc2n1.O. The van der Waals surface area contributed by atoms with Crippen molar-refractivity contribution < 1.29 is 15.5 Å². The molecule has 0 aliphatic carbocycles. The molecule has 78 valence electrons. The Morgan fingerprint density at radius 2 is 1.87 bits per heavy atom. The van der Waals surface area contributed by atoms with E-state index in [0.29, 0.717) is 5.46 Å². The molecule has 2 aromatic rings. The topological polar surface area (TPSA) is 84.8 Å². The summed E-state index contributed by atoms with van der Waals surface area (Å²) < 4.78 is 0. The van der Waals surface area contributed by atoms with E-state index < -0.39 is 7.12 Å². The highest BCUT2D eigenvalue weighted by molar-refractivity contribution is 6.61. The number of benzene rings is 1. The number of hydrogen-bond donors (Lipinski definition) is 2. The number of fused-ring (bicyclic) bond motifs is 1. The molecule has 0 bridgehead atoms. The third-order valence-electron chi connectivity index (χ3n) is 2.18. The summed E-state index contributed by atoms with van der Waals surface area (Å²) in [6.45, 7) is 1.90. The van der Waals surface area contributed by atoms with Gasteiger partial charge in [-0.1, -0.05) is 18.2 Å². The molecule has 4 N–H and O–H groups in total. The first-order chi connectivity index (χ1) is 6.68. The molecule has 2 rings (SSSR count). The van der Waals surface area contributed by atoms with E-state index in [1.54, 1.807) is 12.1 Å². The molecule has 15 heavy (non-hydrogen) atoms. The van der Waals surface area contributed by atoms with Gasteiger partial charge in [0.05, 0.1) is 5.52 Å². The van der Waals surface area contributed by atoms with Crippen LogP contribution in [-0.2, 0) is 0 Å². The summed E-state index contributed by atoms with van der Waals surface area (Å²) in [6, 6.07) is 9.02. The molecule has 0 aliphatic rings. The first-order valence-electron chi connectivity index (χ1n) is 4.41. The Morgan fingerprint density at radius 3 is 2.53 bits per heavy atom. The normalized spacial score (nSPS) is 9.80. The Kier molecular flexibility index (Phi) is 3.41. The minimum atomic E-state index is -1.44. The van der Waals surface area contributed by atoms with Crippen LogP contribution in [-0.4, -0.2) is 27.6 Å². The molecule has 0 fully saturated rings. The second-order valence-electron chi connectivity index (χ2n) is 3.24. The molecule has 4 nitrogen and oxygen atoms in total. The standard InChI is InChI=1S/C10H10BNO2.H2O/c1-7-5-6-8-9(11(13)14)3-2-4-10(8)12-7;/h2-6,13-14H,1H3;1H2. The summed E-state index contributed by atoms with van der Waals surface area (Å²) in [5.41, 5.74) is 2.20. The second kappa shape index (κ2) is 4.40. The lowest BCUT2D eigenvalue weighted by atomic mass is 9.78. The Morgan fingerprint density at radius 1 is 1.13 bits per heavy atom. The summed E-state index contributed by atoms with van der Waals surface area (Å²) >= 11 is 0. The van der Waals surface area contributed by atoms with Crippen LogP contribution < -0.4 is 5.46 Å². The van der Waals surface area contributed by atoms with Gasteiger partial charge in [0, 0.05) is 5.69 Å². The van der Waals surface area contributed by atoms with Gasteiger partial charge in [-0.05, 0) is 29.9 Å². The third-order valence-corrected chi connectivity index (χ3v) is 2.18. The number of rotatable bonds is 1. The highest BCUT2D eigenvalue weighted by Crippen LogP contribution is 2.09. The summed E-state index contributed by atoms with van der Waals surface area (Å²) in [7, 11) is -1.44. The van der Waals surface area contributed by atoms with Crippen molar-refractivity contribution in [2.75, 3.05) is 0 Å². The van der Waals surface area contributed by atoms with Gasteiger partial charge < -0.3 is 15.5 Å². The summed E-state index contributed by atoms with van der Waals surface area (Å²) in [5, 5.41) is 19.0. The van der Waals surface area contributed by atoms with Gasteiger partial charge >= 0.3 is 7.12 Å². The molecule has 0 unspecified atom stereocenters. The van der Waals surface area contributed by atoms with Crippen molar-refractivity contribution in [1.29, 1.82) is 0 Å². The lowest BCUT2D eigenvalue weighted by Crippen LogP contribution is -2.30. The number of hydrogen-bond acceptors (Lipinski definition) is 3. The van der Waals surface area contributed by atoms with Gasteiger partial charge in [-0.25, -0.2) is 0 Å². The summed E-state index contributed by atoms with van der Waals surface area (Å²) in [4.78, 5) is 4.30. The van der Waals surface area contributed by atoms with Crippen molar-refractivity contribution in [1.82, 2.24) is 4.98 Å². The van der Waals surface area contributed by atoms with Gasteiger partial charge in [-0.15, -0.1) is 0 Å². The number of pyridine rings is 1. The van der Waals surface area contributed by atoms with Gasteiger partial charge in [-0.3, -0.25) is 4.98 Å². The first kappa shape index (κ1) is 11.6. The molecule has 1 heterocycles. The van der Waals surface area contributed by atoms with Crippen LogP contribution in [0.2, 0.25) is 0 Å². The van der Waals surface area contributed by atoms with Crippen LogP contribution in [0.25, 0.3) is 10.9 Å². The van der Waals surface area contributed by atoms with E-state index >= 15 is 0 Å². The van der Waals surface area contributed by atoms with E-state index in [1.807, 2.05) is 25.1 Å². The average molecular weight is 205 g/mol. The molecule has 1 aromatic heterocycles. The van der Waals surface area contributed by atoms with E-state index in [9.17, 15) is 0 Å². The van der Waals surface area contributed by atoms with Gasteiger partial charge in [0.2, 0.25) is 0 Å². The smallest absolute Gasteiger partial charge is 0.423 e. The number of aryl methyl sites for hydroxylation is 1. The molecule has 0 saturated carbocycles. The fourth-order valence-corrected chi connectivity index (χ4v) is 1.51. The predicted octanol–water partition coefficient (Wildman–Crippen LogP) is -0.602. The number of nitrogens with zero attached hydrogens (tertiary/aromatic N) is 1. The van der Waals surface area contributed by atoms with Crippen LogP contribution in [0.5, 0.6) is 0 Å². The monoisotopic (exact) mass is 205 g/mol. The average Bonchev–Trinajstić information content (AvgIpc) is 2.16. The van der Waals surface area contributed by atoms with Crippen molar-refractivity contribution in [3.8, 4) is 0 Å². The molecule has 1 aromatic carbocycles. The van der Waals surface area contributed by atoms with E-state index in [0.717, 1.165) is 16.6 Å². The zero-order valence-electron chi connectivity index (χ0n) is 8.31. The summed E-state index contributed by atoms with van der Waals surface area (Å²) in [5.74, 6) is 0. The van der Waals surface area contributed by atoms with Crippen molar-refractivity contribution in [3.05, 3.63) is 36.0 Å². The van der Waals surface area contributed by atoms with Gasteiger partial charge in [0.25, 0.3) is 0 Å². The molecular weight excluding hydrogens is 193 g/mol. The van der Waals surface area contributed by atoms with Crippen LogP contribution in [0.3, 0.4) is 0 Å². The lowest BCUT2D eigenvalue weighted by Gasteiger charge is -2.04. The lowest BCUT2D eigenvalue weighted by molar-refractivity contribution is 0.426. The quantitative estimate of drug-likeness (QED) is 0.609. The van der Waals surface area contributed by atoms with Crippen molar-refractivity contribution in [2.24, 2.45) is 0 Å². The second-order valence-corrected chi connectivity index (χ2v) is 3.24. The molecule has 0 radical (unpaired) electrons. The van der Waals surface area contributed by atoms with E-state index in [-0.39, 0.29) is 5.48 Å². The van der Waals surface area contributed by atoms with E-state index in [2.05, 4.69) is 4.98 Å². The van der Waals surface area contributed by atoms with E-state index in [4.69, 9.17) is 10.0 Å². The fraction of sp³-hybridized carbons (Fsp3) is 0.100. The number of aromatic nitrogens is 1. The molecule has 0 amide bonds. The summed E-state index contributed by atoms with van der Waals surface area (Å²) in [6.07, 6.45) is 0. The zero-order chi connectivity index (χ0) is 10.1. The maximum atomic E-state index is 9.12. The van der Waals surface area contributed by atoms with Crippen LogP contribution in [0.4, 0.5) is 0 Å². The van der Waals surface area contributed by atoms with E-state index in [1.165, 1.54) is 0 Å². The Bertz CT molecular complexity index is 473. The minimum Gasteiger partial charge on any atom is -0.423 e. The maximum Gasteiger partial charge on any atom is 0.489 e. The highest BCUT2D eigenvalue weighted by Gasteiger charge is 2.14. The van der Waals surface area contributed by atoms with Gasteiger partial charge in [0.1, 0.15) is 0 Å². The highest BCUT2D eigenvalue weighted by atomic mass is 16.4. The van der Waals surface area contributed by atoms with Crippen molar-refractivity contribution >= 4 is 23.5 Å². The van der Waals surface area contributed by atoms with Gasteiger partial charge in [-0.2, -0.15) is 0 Å². The van der Waals surface area contributed by atoms with Gasteiger partial charge in [0.15, 0.2) is 0 Å². The Labute approximate surface area is 87.7 Å². The molecule has 0 atom stereocenters. The molecule has 0 saturated heterocycles. The Balaban J connectivity index is 0.00000112. The maximum absolute atomic E-state index is 9.12.